The highest BCUT2D eigenvalue weighted by atomic mass is 16.3. The molecular formula is C10H19NO3. The van der Waals surface area contributed by atoms with E-state index in [0.29, 0.717) is 6.42 Å². The minimum absolute atomic E-state index is 0.0665. The van der Waals surface area contributed by atoms with Crippen molar-refractivity contribution in [2.45, 2.75) is 51.4 Å². The molecule has 14 heavy (non-hydrogen) atoms. The summed E-state index contributed by atoms with van der Waals surface area (Å²) < 4.78 is 0. The Labute approximate surface area is 84.3 Å². The lowest BCUT2D eigenvalue weighted by Crippen LogP contribution is -2.51. The van der Waals surface area contributed by atoms with Gasteiger partial charge in [0.05, 0.1) is 18.2 Å². The highest BCUT2D eigenvalue weighted by Gasteiger charge is 2.31. The number of nitrogens with one attached hydrogen (secondary N) is 1. The summed E-state index contributed by atoms with van der Waals surface area (Å²) in [5.74, 6) is -0.149. The zero-order chi connectivity index (χ0) is 10.7. The van der Waals surface area contributed by atoms with Crippen molar-refractivity contribution in [2.75, 3.05) is 0 Å². The molecule has 0 aromatic heterocycles. The average molecular weight is 201 g/mol. The molecule has 3 N–H and O–H groups in total. The predicted octanol–water partition coefficient (Wildman–Crippen LogP) is 0.0329. The molecular weight excluding hydrogens is 182 g/mol. The van der Waals surface area contributed by atoms with E-state index in [1.54, 1.807) is 13.8 Å². The van der Waals surface area contributed by atoms with Crippen LogP contribution in [0, 0.1) is 5.92 Å². The number of amides is 1. The summed E-state index contributed by atoms with van der Waals surface area (Å²) in [7, 11) is 0. The number of carbonyl (C=O) groups excluding carboxylic acids is 1. The maximum absolute atomic E-state index is 11.4. The molecule has 0 saturated heterocycles. The molecule has 0 aliphatic heterocycles. The third-order valence-corrected chi connectivity index (χ3v) is 2.67. The van der Waals surface area contributed by atoms with Gasteiger partial charge in [-0.05, 0) is 19.3 Å². The Morgan fingerprint density at radius 3 is 2.57 bits per heavy atom. The molecule has 3 atom stereocenters. The zero-order valence-electron chi connectivity index (χ0n) is 8.73. The summed E-state index contributed by atoms with van der Waals surface area (Å²) in [5.41, 5.74) is 0. The smallest absolute Gasteiger partial charge is 0.222 e. The van der Waals surface area contributed by atoms with Crippen LogP contribution in [0.15, 0.2) is 0 Å². The highest BCUT2D eigenvalue weighted by Crippen LogP contribution is 2.19. The molecule has 1 aliphatic carbocycles. The number of carbonyl (C=O) groups is 1. The molecule has 0 spiro atoms. The first-order chi connectivity index (χ1) is 6.52. The monoisotopic (exact) mass is 201 g/mol. The van der Waals surface area contributed by atoms with E-state index in [4.69, 9.17) is 0 Å². The van der Waals surface area contributed by atoms with Gasteiger partial charge in [0.15, 0.2) is 0 Å². The van der Waals surface area contributed by atoms with Gasteiger partial charge in [0.1, 0.15) is 0 Å². The van der Waals surface area contributed by atoms with E-state index in [1.807, 2.05) is 0 Å². The van der Waals surface area contributed by atoms with Gasteiger partial charge in [-0.25, -0.2) is 0 Å². The van der Waals surface area contributed by atoms with Crippen LogP contribution in [-0.2, 0) is 4.79 Å². The molecule has 0 heterocycles. The number of rotatable bonds is 2. The van der Waals surface area contributed by atoms with E-state index in [2.05, 4.69) is 5.32 Å². The van der Waals surface area contributed by atoms with Crippen molar-refractivity contribution < 1.29 is 15.0 Å². The third kappa shape index (κ3) is 2.69. The maximum atomic E-state index is 11.4. The van der Waals surface area contributed by atoms with Crippen LogP contribution < -0.4 is 5.32 Å². The van der Waals surface area contributed by atoms with Crippen LogP contribution >= 0.6 is 0 Å². The van der Waals surface area contributed by atoms with Gasteiger partial charge in [0, 0.05) is 5.92 Å². The van der Waals surface area contributed by atoms with Gasteiger partial charge >= 0.3 is 0 Å². The first-order valence-electron chi connectivity index (χ1n) is 5.19. The van der Waals surface area contributed by atoms with E-state index in [0.717, 1.165) is 12.8 Å². The summed E-state index contributed by atoms with van der Waals surface area (Å²) in [6.45, 7) is 3.61. The van der Waals surface area contributed by atoms with Gasteiger partial charge in [0.2, 0.25) is 5.91 Å². The van der Waals surface area contributed by atoms with Gasteiger partial charge in [-0.15, -0.1) is 0 Å². The summed E-state index contributed by atoms with van der Waals surface area (Å²) >= 11 is 0. The first-order valence-corrected chi connectivity index (χ1v) is 5.19. The van der Waals surface area contributed by atoms with Crippen molar-refractivity contribution in [3.8, 4) is 0 Å². The average Bonchev–Trinajstić information content (AvgIpc) is 2.12. The molecule has 0 aromatic carbocycles. The van der Waals surface area contributed by atoms with Gasteiger partial charge in [0.25, 0.3) is 0 Å². The summed E-state index contributed by atoms with van der Waals surface area (Å²) in [4.78, 5) is 11.4. The lowest BCUT2D eigenvalue weighted by molar-refractivity contribution is -0.127. The van der Waals surface area contributed by atoms with Crippen LogP contribution in [0.1, 0.15) is 33.1 Å². The fraction of sp³-hybridized carbons (Fsp3) is 0.900. The largest absolute Gasteiger partial charge is 0.390 e. The molecule has 1 aliphatic rings. The van der Waals surface area contributed by atoms with E-state index in [-0.39, 0.29) is 17.9 Å². The Bertz CT molecular complexity index is 206. The molecule has 0 bridgehead atoms. The van der Waals surface area contributed by atoms with Gasteiger partial charge < -0.3 is 15.5 Å². The van der Waals surface area contributed by atoms with Crippen LogP contribution in [0.5, 0.6) is 0 Å². The summed E-state index contributed by atoms with van der Waals surface area (Å²) in [6.07, 6.45) is 0.709. The van der Waals surface area contributed by atoms with Crippen molar-refractivity contribution in [3.63, 3.8) is 0 Å². The third-order valence-electron chi connectivity index (χ3n) is 2.67. The molecule has 4 heteroatoms. The number of aliphatic hydroxyl groups is 2. The van der Waals surface area contributed by atoms with E-state index >= 15 is 0 Å². The summed E-state index contributed by atoms with van der Waals surface area (Å²) in [6, 6.07) is -0.284. The second kappa shape index (κ2) is 4.75. The molecule has 4 nitrogen and oxygen atoms in total. The molecule has 1 unspecified atom stereocenters. The fourth-order valence-electron chi connectivity index (χ4n) is 1.66. The quantitative estimate of drug-likeness (QED) is 0.590. The molecule has 82 valence electrons. The Morgan fingerprint density at radius 2 is 2.00 bits per heavy atom. The number of hydrogen-bond acceptors (Lipinski definition) is 3. The van der Waals surface area contributed by atoms with Crippen LogP contribution in [0.3, 0.4) is 0 Å². The Hall–Kier alpha value is -0.610. The SMILES string of the molecule is CC(C)C(=O)NC1CCC[C@H](O)[C@@H]1O. The molecule has 1 amide bonds. The van der Waals surface area contributed by atoms with Gasteiger partial charge in [-0.3, -0.25) is 4.79 Å². The van der Waals surface area contributed by atoms with Gasteiger partial charge in [-0.1, -0.05) is 13.8 Å². The molecule has 1 saturated carbocycles. The van der Waals surface area contributed by atoms with Crippen LogP contribution in [0.4, 0.5) is 0 Å². The van der Waals surface area contributed by atoms with Crippen LogP contribution in [0.2, 0.25) is 0 Å². The Morgan fingerprint density at radius 1 is 1.36 bits per heavy atom. The van der Waals surface area contributed by atoms with Gasteiger partial charge in [-0.2, -0.15) is 0 Å². The molecule has 0 aromatic rings. The van der Waals surface area contributed by atoms with Crippen molar-refractivity contribution >= 4 is 5.91 Å². The fourth-order valence-corrected chi connectivity index (χ4v) is 1.66. The zero-order valence-corrected chi connectivity index (χ0v) is 8.73. The lowest BCUT2D eigenvalue weighted by Gasteiger charge is -2.32. The van der Waals surface area contributed by atoms with E-state index in [1.165, 1.54) is 0 Å². The van der Waals surface area contributed by atoms with Crippen molar-refractivity contribution in [1.29, 1.82) is 0 Å². The van der Waals surface area contributed by atoms with Crippen LogP contribution in [-0.4, -0.2) is 34.4 Å². The predicted molar refractivity (Wildman–Crippen MR) is 52.6 cm³/mol. The Kier molecular flexibility index (Phi) is 3.89. The highest BCUT2D eigenvalue weighted by molar-refractivity contribution is 5.78. The van der Waals surface area contributed by atoms with Crippen LogP contribution in [0.25, 0.3) is 0 Å². The van der Waals surface area contributed by atoms with E-state index < -0.39 is 12.2 Å². The minimum Gasteiger partial charge on any atom is -0.390 e. The van der Waals surface area contributed by atoms with Crippen molar-refractivity contribution in [3.05, 3.63) is 0 Å². The second-order valence-corrected chi connectivity index (χ2v) is 4.26. The van der Waals surface area contributed by atoms with Crippen molar-refractivity contribution in [2.24, 2.45) is 5.92 Å². The lowest BCUT2D eigenvalue weighted by atomic mass is 9.90. The van der Waals surface area contributed by atoms with Crippen molar-refractivity contribution in [1.82, 2.24) is 5.32 Å². The molecule has 1 fully saturated rings. The normalized spacial score (nSPS) is 33.1. The first kappa shape index (κ1) is 11.5. The molecule has 1 rings (SSSR count). The minimum atomic E-state index is -0.813. The Balaban J connectivity index is 2.47. The summed E-state index contributed by atoms with van der Waals surface area (Å²) in [5, 5.41) is 21.8. The standard InChI is InChI=1S/C10H19NO3/c1-6(2)10(14)11-7-4-3-5-8(12)9(7)13/h6-9,12-13H,3-5H2,1-2H3,(H,11,14)/t7?,8-,9+/m0/s1. The maximum Gasteiger partial charge on any atom is 0.222 e. The molecule has 0 radical (unpaired) electrons. The second-order valence-electron chi connectivity index (χ2n) is 4.26. The van der Waals surface area contributed by atoms with E-state index in [9.17, 15) is 15.0 Å². The number of aliphatic hydroxyl groups excluding tert-OH is 2. The topological polar surface area (TPSA) is 69.6 Å². The number of hydrogen-bond donors (Lipinski definition) is 3.